The van der Waals surface area contributed by atoms with Gasteiger partial charge in [-0.15, -0.1) is 5.73 Å². The second-order valence-electron chi connectivity index (χ2n) is 4.67. The van der Waals surface area contributed by atoms with Crippen LogP contribution in [0.5, 0.6) is 0 Å². The summed E-state index contributed by atoms with van der Waals surface area (Å²) < 4.78 is 5.15. The first-order valence-electron chi connectivity index (χ1n) is 6.02. The largest absolute Gasteiger partial charge is 0.361 e. The fraction of sp³-hybridized carbons (Fsp3) is 0.750. The van der Waals surface area contributed by atoms with Crippen molar-refractivity contribution in [2.75, 3.05) is 0 Å². The Morgan fingerprint density at radius 2 is 2.12 bits per heavy atom. The predicted octanol–water partition coefficient (Wildman–Crippen LogP) is 1.76. The monoisotopic (exact) mass is 221 g/mol. The number of rotatable bonds is 2. The quantitative estimate of drug-likeness (QED) is 0.827. The van der Waals surface area contributed by atoms with E-state index in [1.165, 1.54) is 12.0 Å². The maximum Gasteiger partial charge on any atom is 0.137 e. The van der Waals surface area contributed by atoms with Crippen LogP contribution >= 0.6 is 0 Å². The molecule has 1 aromatic heterocycles. The van der Waals surface area contributed by atoms with E-state index in [2.05, 4.69) is 10.5 Å². The van der Waals surface area contributed by atoms with Gasteiger partial charge in [0.1, 0.15) is 5.76 Å². The molecule has 0 amide bonds. The highest BCUT2D eigenvalue weighted by Crippen LogP contribution is 2.19. The molecule has 2 rings (SSSR count). The Bertz CT molecular complexity index is 329. The van der Waals surface area contributed by atoms with Crippen LogP contribution in [0.25, 0.3) is 0 Å². The maximum atomic E-state index is 9.68. The molecule has 1 aliphatic heterocycles. The zero-order valence-electron chi connectivity index (χ0n) is 9.99. The number of hydrogen-bond acceptors (Lipinski definition) is 3. The molecule has 1 N–H and O–H groups in total. The first-order valence-corrected chi connectivity index (χ1v) is 6.02. The lowest BCUT2D eigenvalue weighted by Crippen LogP contribution is -2.38. The molecule has 0 aromatic carbocycles. The summed E-state index contributed by atoms with van der Waals surface area (Å²) in [5, 5.41) is 7.22. The minimum Gasteiger partial charge on any atom is -0.361 e. The molecular weight excluding hydrogens is 202 g/mol. The number of hydrogen-bond donors (Lipinski definition) is 1. The highest BCUT2D eigenvalue weighted by molar-refractivity contribution is 5.22. The van der Waals surface area contributed by atoms with Gasteiger partial charge in [-0.1, -0.05) is 18.0 Å². The summed E-state index contributed by atoms with van der Waals surface area (Å²) >= 11 is 0. The van der Waals surface area contributed by atoms with Gasteiger partial charge < -0.3 is 4.52 Å². The Morgan fingerprint density at radius 1 is 1.38 bits per heavy atom. The van der Waals surface area contributed by atoms with E-state index >= 15 is 0 Å². The molecule has 1 aliphatic rings. The Kier molecular flexibility index (Phi) is 3.61. The minimum absolute atomic E-state index is 0.342. The van der Waals surface area contributed by atoms with E-state index in [1.54, 1.807) is 0 Å². The Hall–Kier alpha value is -0.870. The van der Waals surface area contributed by atoms with Gasteiger partial charge in [-0.25, -0.2) is 0 Å². The van der Waals surface area contributed by atoms with E-state index < -0.39 is 0 Å². The summed E-state index contributed by atoms with van der Waals surface area (Å²) in [5.74, 6) is 0.901. The van der Waals surface area contributed by atoms with Crippen molar-refractivity contribution in [1.29, 1.82) is 0 Å². The summed E-state index contributed by atoms with van der Waals surface area (Å²) in [6, 6.07) is 0.342. The van der Waals surface area contributed by atoms with Gasteiger partial charge >= 0.3 is 0 Å². The molecule has 1 fully saturated rings. The smallest absolute Gasteiger partial charge is 0.137 e. The normalized spacial score (nSPS) is 26.7. The van der Waals surface area contributed by atoms with E-state index in [0.29, 0.717) is 6.04 Å². The fourth-order valence-electron chi connectivity index (χ4n) is 2.37. The molecule has 2 unspecified atom stereocenters. The van der Waals surface area contributed by atoms with Gasteiger partial charge in [0.25, 0.3) is 0 Å². The molecule has 1 saturated heterocycles. The molecule has 0 bridgehead atoms. The highest BCUT2D eigenvalue weighted by Gasteiger charge is 2.20. The van der Waals surface area contributed by atoms with Crippen LogP contribution in [0.4, 0.5) is 0 Å². The standard InChI is InChI=1S/C12H19N3O/c1-8-11(9(2)16-15-8)7-10-5-3-4-6-12(13)14-10/h10,12,14H,3-7H2,1-2H3. The van der Waals surface area contributed by atoms with E-state index in [0.717, 1.165) is 37.1 Å². The Balaban J connectivity index is 2.03. The molecule has 0 saturated carbocycles. The van der Waals surface area contributed by atoms with Crippen molar-refractivity contribution in [3.05, 3.63) is 17.0 Å². The number of aryl methyl sites for hydroxylation is 2. The number of nitrogens with zero attached hydrogens (tertiary/aromatic N) is 2. The highest BCUT2D eigenvalue weighted by atomic mass is 16.5. The Labute approximate surface area is 96.6 Å². The van der Waals surface area contributed by atoms with Crippen molar-refractivity contribution in [3.63, 3.8) is 0 Å². The maximum absolute atomic E-state index is 9.68. The second kappa shape index (κ2) is 4.97. The van der Waals surface area contributed by atoms with Crippen molar-refractivity contribution >= 4 is 0 Å². The molecule has 2 radical (unpaired) electrons. The van der Waals surface area contributed by atoms with E-state index in [1.807, 2.05) is 13.8 Å². The summed E-state index contributed by atoms with van der Waals surface area (Å²) in [4.78, 5) is 0. The lowest BCUT2D eigenvalue weighted by Gasteiger charge is -2.18. The van der Waals surface area contributed by atoms with Gasteiger partial charge in [-0.2, -0.15) is 0 Å². The molecule has 88 valence electrons. The molecule has 1 aromatic rings. The van der Waals surface area contributed by atoms with Crippen molar-refractivity contribution in [1.82, 2.24) is 16.2 Å². The molecule has 16 heavy (non-hydrogen) atoms. The second-order valence-corrected chi connectivity index (χ2v) is 4.67. The van der Waals surface area contributed by atoms with Crippen LogP contribution in [0.1, 0.15) is 42.7 Å². The fourth-order valence-corrected chi connectivity index (χ4v) is 2.37. The average Bonchev–Trinajstić information content (AvgIpc) is 2.47. The van der Waals surface area contributed by atoms with Gasteiger partial charge in [0.15, 0.2) is 0 Å². The first kappa shape index (κ1) is 11.6. The SMILES string of the molecule is Cc1noc(C)c1CC1CCCCC([N])N1. The molecule has 4 heteroatoms. The molecular formula is C12H19N3O. The lowest BCUT2D eigenvalue weighted by molar-refractivity contribution is 0.389. The average molecular weight is 221 g/mol. The first-order chi connectivity index (χ1) is 7.66. The lowest BCUT2D eigenvalue weighted by atomic mass is 10.0. The van der Waals surface area contributed by atoms with Crippen molar-refractivity contribution in [2.24, 2.45) is 0 Å². The zero-order valence-corrected chi connectivity index (χ0v) is 9.99. The van der Waals surface area contributed by atoms with Crippen molar-refractivity contribution < 1.29 is 4.52 Å². The third-order valence-corrected chi connectivity index (χ3v) is 3.34. The van der Waals surface area contributed by atoms with Crippen LogP contribution < -0.4 is 11.1 Å². The van der Waals surface area contributed by atoms with Gasteiger partial charge in [-0.3, -0.25) is 5.32 Å². The van der Waals surface area contributed by atoms with Gasteiger partial charge in [-0.05, 0) is 33.1 Å². The summed E-state index contributed by atoms with van der Waals surface area (Å²) in [6.45, 7) is 3.92. The number of aromatic nitrogens is 1. The van der Waals surface area contributed by atoms with Crippen LogP contribution in [0.3, 0.4) is 0 Å². The van der Waals surface area contributed by atoms with Crippen LogP contribution in [0, 0.1) is 13.8 Å². The van der Waals surface area contributed by atoms with Gasteiger partial charge in [0.05, 0.1) is 11.9 Å². The van der Waals surface area contributed by atoms with Crippen LogP contribution in [-0.2, 0) is 6.42 Å². The number of nitrogens with one attached hydrogen (secondary N) is 1. The van der Waals surface area contributed by atoms with Crippen LogP contribution in [0.2, 0.25) is 0 Å². The topological polar surface area (TPSA) is 60.4 Å². The third kappa shape index (κ3) is 2.62. The summed E-state index contributed by atoms with van der Waals surface area (Å²) in [7, 11) is 0. The van der Waals surface area contributed by atoms with E-state index in [-0.39, 0.29) is 6.17 Å². The zero-order chi connectivity index (χ0) is 11.5. The van der Waals surface area contributed by atoms with Crippen LogP contribution in [0.15, 0.2) is 4.52 Å². The molecule has 0 aliphatic carbocycles. The molecule has 0 spiro atoms. The van der Waals surface area contributed by atoms with Crippen LogP contribution in [-0.4, -0.2) is 17.4 Å². The summed E-state index contributed by atoms with van der Waals surface area (Å²) in [6.07, 6.45) is 4.80. The predicted molar refractivity (Wildman–Crippen MR) is 61.0 cm³/mol. The van der Waals surface area contributed by atoms with Gasteiger partial charge in [0, 0.05) is 11.6 Å². The third-order valence-electron chi connectivity index (χ3n) is 3.34. The van der Waals surface area contributed by atoms with E-state index in [9.17, 15) is 5.73 Å². The minimum atomic E-state index is -0.354. The van der Waals surface area contributed by atoms with Crippen molar-refractivity contribution in [3.8, 4) is 0 Å². The summed E-state index contributed by atoms with van der Waals surface area (Å²) in [5.41, 5.74) is 11.8. The molecule has 4 nitrogen and oxygen atoms in total. The molecule has 2 heterocycles. The molecule has 2 atom stereocenters. The van der Waals surface area contributed by atoms with Crippen molar-refractivity contribution in [2.45, 2.75) is 58.2 Å². The van der Waals surface area contributed by atoms with E-state index in [4.69, 9.17) is 4.52 Å². The Morgan fingerprint density at radius 3 is 2.81 bits per heavy atom. The van der Waals surface area contributed by atoms with Gasteiger partial charge in [0.2, 0.25) is 0 Å².